The molecule has 3 aromatic carbocycles. The first-order chi connectivity index (χ1) is 25.2. The molecule has 2 saturated heterocycles. The van der Waals surface area contributed by atoms with Crippen LogP contribution in [-0.4, -0.2) is 73.0 Å². The number of carbonyl (C=O) groups excluding carboxylic acids is 5. The molecule has 0 aromatic heterocycles. The van der Waals surface area contributed by atoms with E-state index in [9.17, 15) is 44.2 Å². The van der Waals surface area contributed by atoms with Gasteiger partial charge in [-0.1, -0.05) is 23.7 Å². The Kier molecular flexibility index (Phi) is 11.7. The Balaban J connectivity index is 1.26. The third kappa shape index (κ3) is 8.93. The van der Waals surface area contributed by atoms with E-state index in [2.05, 4.69) is 15.4 Å². The number of thioether (sulfide) groups is 1. The quantitative estimate of drug-likeness (QED) is 0.0464. The second-order valence-electron chi connectivity index (χ2n) is 12.0. The monoisotopic (exact) mass is 771 g/mol. The van der Waals surface area contributed by atoms with Gasteiger partial charge in [0.25, 0.3) is 11.4 Å². The van der Waals surface area contributed by atoms with Crippen LogP contribution in [0.4, 0.5) is 21.0 Å². The van der Waals surface area contributed by atoms with Crippen molar-refractivity contribution in [1.29, 1.82) is 0 Å². The summed E-state index contributed by atoms with van der Waals surface area (Å²) < 4.78 is 19.4. The van der Waals surface area contributed by atoms with Gasteiger partial charge in [0.2, 0.25) is 11.8 Å². The Labute approximate surface area is 309 Å². The summed E-state index contributed by atoms with van der Waals surface area (Å²) in [4.78, 5) is 87.1. The summed E-state index contributed by atoms with van der Waals surface area (Å²) in [6, 6.07) is 12.2. The molecule has 4 atom stereocenters. The Hall–Kier alpha value is -5.95. The van der Waals surface area contributed by atoms with E-state index in [0.29, 0.717) is 11.1 Å². The van der Waals surface area contributed by atoms with Gasteiger partial charge in [0, 0.05) is 29.0 Å². The van der Waals surface area contributed by atoms with Crippen LogP contribution in [0.15, 0.2) is 72.8 Å². The van der Waals surface area contributed by atoms with E-state index in [-0.39, 0.29) is 35.9 Å². The van der Waals surface area contributed by atoms with E-state index < -0.39 is 74.2 Å². The highest BCUT2D eigenvalue weighted by atomic mass is 35.5. The van der Waals surface area contributed by atoms with Crippen LogP contribution in [0.1, 0.15) is 36.6 Å². The molecule has 278 valence electrons. The minimum atomic E-state index is -1.44. The summed E-state index contributed by atoms with van der Waals surface area (Å²) in [5.41, 5.74) is 0.852. The van der Waals surface area contributed by atoms with E-state index in [0.717, 1.165) is 0 Å². The number of halogens is 1. The van der Waals surface area contributed by atoms with Crippen molar-refractivity contribution in [1.82, 2.24) is 15.5 Å². The largest absolute Gasteiger partial charge is 0.515 e. The highest BCUT2D eigenvalue weighted by Crippen LogP contribution is 2.51. The minimum absolute atomic E-state index is 0.0321. The van der Waals surface area contributed by atoms with Crippen molar-refractivity contribution in [3.63, 3.8) is 0 Å². The lowest BCUT2D eigenvalue weighted by molar-refractivity contribution is -0.385. The van der Waals surface area contributed by atoms with Crippen LogP contribution in [-0.2, 0) is 41.8 Å². The number of ether oxygens (including phenoxy) is 4. The molecule has 18 nitrogen and oxygen atoms in total. The molecule has 20 heteroatoms. The third-order valence-corrected chi connectivity index (χ3v) is 9.80. The molecule has 0 radical (unpaired) electrons. The molecule has 2 N–H and O–H groups in total. The lowest BCUT2D eigenvalue weighted by atomic mass is 9.95. The van der Waals surface area contributed by atoms with Gasteiger partial charge in [-0.2, -0.15) is 0 Å². The van der Waals surface area contributed by atoms with Gasteiger partial charge in [0.05, 0.1) is 9.85 Å². The number of carbonyl (C=O) groups is 5. The maximum absolute atomic E-state index is 13.8. The van der Waals surface area contributed by atoms with E-state index in [1.54, 1.807) is 13.8 Å². The number of amides is 3. The molecule has 3 aromatic rings. The van der Waals surface area contributed by atoms with Gasteiger partial charge in [-0.05, 0) is 66.9 Å². The van der Waals surface area contributed by atoms with Crippen molar-refractivity contribution in [2.45, 2.75) is 55.3 Å². The van der Waals surface area contributed by atoms with Crippen molar-refractivity contribution >= 4 is 64.8 Å². The smallest absolute Gasteiger partial charge is 0.459 e. The molecule has 0 bridgehead atoms. The minimum Gasteiger partial charge on any atom is -0.459 e. The number of non-ortho nitro benzene ring substituents is 2. The molecule has 5 rings (SSSR count). The predicted molar refractivity (Wildman–Crippen MR) is 184 cm³/mol. The van der Waals surface area contributed by atoms with E-state index in [1.165, 1.54) is 89.5 Å². The first-order valence-electron chi connectivity index (χ1n) is 15.6. The molecule has 2 heterocycles. The van der Waals surface area contributed by atoms with Crippen LogP contribution < -0.4 is 15.4 Å². The van der Waals surface area contributed by atoms with Crippen molar-refractivity contribution in [3.8, 4) is 5.75 Å². The Morgan fingerprint density at radius 2 is 1.42 bits per heavy atom. The predicted octanol–water partition coefficient (Wildman–Crippen LogP) is 4.47. The topological polar surface area (TPSA) is 236 Å². The summed E-state index contributed by atoms with van der Waals surface area (Å²) in [5, 5.41) is 26.3. The first-order valence-corrected chi connectivity index (χ1v) is 17.0. The molecule has 0 saturated carbocycles. The molecular weight excluding hydrogens is 742 g/mol. The van der Waals surface area contributed by atoms with Crippen LogP contribution in [0, 0.1) is 20.2 Å². The van der Waals surface area contributed by atoms with Crippen molar-refractivity contribution in [2.75, 3.05) is 6.07 Å². The van der Waals surface area contributed by atoms with E-state index in [4.69, 9.17) is 25.8 Å². The zero-order valence-corrected chi connectivity index (χ0v) is 29.4. The zero-order chi connectivity index (χ0) is 38.4. The summed E-state index contributed by atoms with van der Waals surface area (Å²) in [6.45, 7) is 3.01. The van der Waals surface area contributed by atoms with E-state index in [1.807, 2.05) is 0 Å². The van der Waals surface area contributed by atoms with Gasteiger partial charge in [-0.15, -0.1) is 11.8 Å². The van der Waals surface area contributed by atoms with Gasteiger partial charge >= 0.3 is 18.2 Å². The van der Waals surface area contributed by atoms with E-state index >= 15 is 0 Å². The maximum Gasteiger partial charge on any atom is 0.515 e. The highest BCUT2D eigenvalue weighted by molar-refractivity contribution is 8.01. The molecule has 3 amide bonds. The number of esters is 1. The van der Waals surface area contributed by atoms with Crippen LogP contribution in [0.3, 0.4) is 0 Å². The number of alkyl halides is 1. The normalized spacial score (nSPS) is 18.7. The number of hydrogen-bond donors (Lipinski definition) is 2. The van der Waals surface area contributed by atoms with Gasteiger partial charge in [0.15, 0.2) is 6.07 Å². The van der Waals surface area contributed by atoms with Crippen LogP contribution in [0.2, 0.25) is 0 Å². The number of hydrogen-bond acceptors (Lipinski definition) is 14. The third-order valence-electron chi connectivity index (χ3n) is 8.12. The van der Waals surface area contributed by atoms with Gasteiger partial charge < -0.3 is 34.5 Å². The maximum atomic E-state index is 13.8. The molecule has 53 heavy (non-hydrogen) atoms. The zero-order valence-electron chi connectivity index (χ0n) is 27.8. The molecule has 2 aliphatic rings. The number of alkyl carbamates (subject to hydrolysis) is 1. The molecule has 0 spiro atoms. The molecule has 0 aliphatic carbocycles. The molecular formula is C33H30ClN5O13S. The number of rotatable bonds is 13. The summed E-state index contributed by atoms with van der Waals surface area (Å²) in [5.74, 6) is -2.05. The number of nitrogens with one attached hydrogen (secondary N) is 2. The fourth-order valence-electron chi connectivity index (χ4n) is 5.53. The van der Waals surface area contributed by atoms with Gasteiger partial charge in [-0.25, -0.2) is 14.4 Å². The lowest BCUT2D eigenvalue weighted by Crippen LogP contribution is -2.71. The van der Waals surface area contributed by atoms with Crippen LogP contribution >= 0.6 is 23.4 Å². The molecule has 2 aliphatic heterocycles. The Morgan fingerprint density at radius 3 is 1.94 bits per heavy atom. The SMILES string of the molecule is CC1(C)S[C@@H]2C(NC(=O)C(NC(=O)OCc3ccc([N+](=O)[O-])cc3)c3ccc(OC(=O)OCCl)cc3)C(=O)N2[C@H]1C(=O)OCc1ccc([N+](=O)[O-])cc1. The molecule has 2 unspecified atom stereocenters. The van der Waals surface area contributed by atoms with Crippen molar-refractivity contribution in [3.05, 3.63) is 110 Å². The number of benzene rings is 3. The van der Waals surface area contributed by atoms with Crippen LogP contribution in [0.5, 0.6) is 5.75 Å². The Bertz CT molecular complexity index is 1910. The fourth-order valence-corrected chi connectivity index (χ4v) is 7.24. The standard InChI is InChI=1S/C33H30ClN5O13S/c1-33(2)26(30(42)49-15-18-3-9-21(10-4-18)38(45)46)37-28(41)25(29(37)53-33)35-27(40)24(20-7-13-23(14-8-20)52-32(44)51-17-34)36-31(43)50-16-19-5-11-22(12-6-19)39(47)48/h3-14,24-26,29H,15-17H2,1-2H3,(H,35,40)(H,36,43)/t24?,25?,26-,29+/m0/s1. The second-order valence-corrected chi connectivity index (χ2v) is 14.0. The van der Waals surface area contributed by atoms with Crippen LogP contribution in [0.25, 0.3) is 0 Å². The number of nitro benzene ring substituents is 2. The Morgan fingerprint density at radius 1 is 0.868 bits per heavy atom. The first kappa shape index (κ1) is 38.3. The number of β-lactam (4-membered cyclic amide) rings is 1. The second kappa shape index (κ2) is 16.2. The summed E-state index contributed by atoms with van der Waals surface area (Å²) >= 11 is 6.64. The average molecular weight is 772 g/mol. The van der Waals surface area contributed by atoms with Gasteiger partial charge in [-0.3, -0.25) is 29.8 Å². The summed E-state index contributed by atoms with van der Waals surface area (Å²) in [7, 11) is 0. The number of fused-ring (bicyclic) bond motifs is 1. The highest BCUT2D eigenvalue weighted by Gasteiger charge is 2.64. The van der Waals surface area contributed by atoms with Crippen molar-refractivity contribution < 1.29 is 52.8 Å². The lowest BCUT2D eigenvalue weighted by Gasteiger charge is -2.44. The summed E-state index contributed by atoms with van der Waals surface area (Å²) in [6.07, 6.45) is -2.11. The van der Waals surface area contributed by atoms with Gasteiger partial charge in [0.1, 0.15) is 42.5 Å². The van der Waals surface area contributed by atoms with Crippen molar-refractivity contribution in [2.24, 2.45) is 0 Å². The average Bonchev–Trinajstić information content (AvgIpc) is 3.39. The number of nitrogens with zero attached hydrogens (tertiary/aromatic N) is 3. The number of nitro groups is 2. The fraction of sp³-hybridized carbons (Fsp3) is 0.303. The molecule has 2 fully saturated rings.